The van der Waals surface area contributed by atoms with Gasteiger partial charge in [0.1, 0.15) is 5.76 Å². The van der Waals surface area contributed by atoms with Gasteiger partial charge in [0.25, 0.3) is 0 Å². The Morgan fingerprint density at radius 1 is 1.30 bits per heavy atom. The molecule has 1 aromatic carbocycles. The maximum atomic E-state index is 12.1. The molecular formula is C14H14Cl2N2O4S. The number of carbonyl (C=O) groups is 1. The fourth-order valence-electron chi connectivity index (χ4n) is 1.81. The molecule has 0 aliphatic rings. The molecule has 124 valence electrons. The topological polar surface area (TPSA) is 79.6 Å². The van der Waals surface area contributed by atoms with Crippen LogP contribution in [0.3, 0.4) is 0 Å². The van der Waals surface area contributed by atoms with Crippen molar-refractivity contribution in [2.24, 2.45) is 0 Å². The molecule has 0 atom stereocenters. The number of anilines is 1. The molecule has 0 radical (unpaired) electrons. The summed E-state index contributed by atoms with van der Waals surface area (Å²) in [6.45, 7) is -0.397. The van der Waals surface area contributed by atoms with Crippen LogP contribution in [0.2, 0.25) is 10.0 Å². The van der Waals surface area contributed by atoms with Crippen LogP contribution < -0.4 is 5.32 Å². The Kier molecular flexibility index (Phi) is 5.69. The first kappa shape index (κ1) is 17.8. The Morgan fingerprint density at radius 3 is 2.61 bits per heavy atom. The van der Waals surface area contributed by atoms with E-state index >= 15 is 0 Å². The molecule has 0 bridgehead atoms. The zero-order chi connectivity index (χ0) is 17.0. The fraction of sp³-hybridized carbons (Fsp3) is 0.214. The van der Waals surface area contributed by atoms with E-state index in [2.05, 4.69) is 5.32 Å². The average molecular weight is 377 g/mol. The zero-order valence-electron chi connectivity index (χ0n) is 12.1. The molecule has 1 aromatic heterocycles. The van der Waals surface area contributed by atoms with Gasteiger partial charge < -0.3 is 9.73 Å². The molecule has 2 aromatic rings. The lowest BCUT2D eigenvalue weighted by Crippen LogP contribution is -2.36. The van der Waals surface area contributed by atoms with Crippen molar-refractivity contribution in [3.05, 3.63) is 52.4 Å². The van der Waals surface area contributed by atoms with Crippen molar-refractivity contribution in [3.8, 4) is 0 Å². The van der Waals surface area contributed by atoms with Gasteiger partial charge in [-0.15, -0.1) is 0 Å². The Hall–Kier alpha value is -1.54. The molecule has 0 spiro atoms. The first-order valence-corrected chi connectivity index (χ1v) is 9.08. The number of benzene rings is 1. The molecule has 1 N–H and O–H groups in total. The molecule has 0 unspecified atom stereocenters. The lowest BCUT2D eigenvalue weighted by molar-refractivity contribution is -0.116. The van der Waals surface area contributed by atoms with Gasteiger partial charge in [0.05, 0.1) is 36.3 Å². The summed E-state index contributed by atoms with van der Waals surface area (Å²) in [5.41, 5.74) is 0.354. The number of halogens is 2. The minimum Gasteiger partial charge on any atom is -0.468 e. The largest absolute Gasteiger partial charge is 0.468 e. The molecule has 0 saturated heterocycles. The van der Waals surface area contributed by atoms with Gasteiger partial charge in [-0.25, -0.2) is 8.42 Å². The maximum Gasteiger partial charge on any atom is 0.239 e. The number of nitrogens with one attached hydrogen (secondary N) is 1. The number of hydrogen-bond acceptors (Lipinski definition) is 4. The summed E-state index contributed by atoms with van der Waals surface area (Å²) in [5, 5.41) is 3.25. The van der Waals surface area contributed by atoms with E-state index < -0.39 is 15.9 Å². The second-order valence-corrected chi connectivity index (χ2v) is 7.61. The van der Waals surface area contributed by atoms with Gasteiger partial charge in [0, 0.05) is 5.02 Å². The fourth-order valence-corrected chi connectivity index (χ4v) is 2.98. The van der Waals surface area contributed by atoms with Crippen molar-refractivity contribution >= 4 is 44.8 Å². The predicted octanol–water partition coefficient (Wildman–Crippen LogP) is 2.99. The van der Waals surface area contributed by atoms with Crippen LogP contribution in [0.4, 0.5) is 5.69 Å². The third-order valence-electron chi connectivity index (χ3n) is 2.91. The van der Waals surface area contributed by atoms with Gasteiger partial charge in [0.15, 0.2) is 0 Å². The number of rotatable bonds is 6. The number of carbonyl (C=O) groups excluding carboxylic acids is 1. The SMILES string of the molecule is CS(=O)(=O)N(CC(=O)Nc1ccc(Cl)cc1Cl)Cc1ccco1. The highest BCUT2D eigenvalue weighted by molar-refractivity contribution is 7.88. The lowest BCUT2D eigenvalue weighted by Gasteiger charge is -2.18. The van der Waals surface area contributed by atoms with Crippen molar-refractivity contribution in [3.63, 3.8) is 0 Å². The Balaban J connectivity index is 2.08. The Labute approximate surface area is 144 Å². The van der Waals surface area contributed by atoms with Gasteiger partial charge >= 0.3 is 0 Å². The Bertz CT molecular complexity index is 791. The summed E-state index contributed by atoms with van der Waals surface area (Å²) in [5.74, 6) is -0.0843. The smallest absolute Gasteiger partial charge is 0.239 e. The van der Waals surface area contributed by atoms with Gasteiger partial charge in [-0.05, 0) is 30.3 Å². The molecule has 0 aliphatic heterocycles. The number of furan rings is 1. The molecule has 0 aliphatic carbocycles. The van der Waals surface area contributed by atoms with Crippen LogP contribution in [-0.2, 0) is 21.4 Å². The summed E-state index contributed by atoms with van der Waals surface area (Å²) in [6, 6.07) is 7.87. The number of nitrogens with zero attached hydrogens (tertiary/aromatic N) is 1. The Morgan fingerprint density at radius 2 is 2.04 bits per heavy atom. The van der Waals surface area contributed by atoms with E-state index in [1.54, 1.807) is 24.3 Å². The average Bonchev–Trinajstić information content (AvgIpc) is 2.93. The van der Waals surface area contributed by atoms with Gasteiger partial charge in [-0.3, -0.25) is 4.79 Å². The minimum atomic E-state index is -3.59. The monoisotopic (exact) mass is 376 g/mol. The predicted molar refractivity (Wildman–Crippen MR) is 89.1 cm³/mol. The van der Waals surface area contributed by atoms with E-state index in [1.165, 1.54) is 12.3 Å². The maximum absolute atomic E-state index is 12.1. The van der Waals surface area contributed by atoms with Crippen LogP contribution in [0, 0.1) is 0 Å². The molecule has 1 heterocycles. The second-order valence-electron chi connectivity index (χ2n) is 4.78. The first-order valence-electron chi connectivity index (χ1n) is 6.48. The van der Waals surface area contributed by atoms with Crippen molar-refractivity contribution in [1.82, 2.24) is 4.31 Å². The van der Waals surface area contributed by atoms with E-state index in [9.17, 15) is 13.2 Å². The lowest BCUT2D eigenvalue weighted by atomic mass is 10.3. The third-order valence-corrected chi connectivity index (χ3v) is 4.65. The highest BCUT2D eigenvalue weighted by Crippen LogP contribution is 2.25. The van der Waals surface area contributed by atoms with E-state index in [4.69, 9.17) is 27.6 Å². The van der Waals surface area contributed by atoms with Crippen LogP contribution in [0.5, 0.6) is 0 Å². The molecule has 1 amide bonds. The molecule has 0 saturated carbocycles. The van der Waals surface area contributed by atoms with Gasteiger partial charge in [-0.1, -0.05) is 23.2 Å². The van der Waals surface area contributed by atoms with Crippen LogP contribution >= 0.6 is 23.2 Å². The van der Waals surface area contributed by atoms with Crippen LogP contribution in [-0.4, -0.2) is 31.4 Å². The summed E-state index contributed by atoms with van der Waals surface area (Å²) >= 11 is 11.8. The van der Waals surface area contributed by atoms with E-state index in [-0.39, 0.29) is 18.1 Å². The van der Waals surface area contributed by atoms with Crippen molar-refractivity contribution in [2.75, 3.05) is 18.1 Å². The summed E-state index contributed by atoms with van der Waals surface area (Å²) < 4.78 is 29.8. The molecule has 0 fully saturated rings. The van der Waals surface area contributed by atoms with E-state index in [1.807, 2.05) is 0 Å². The summed E-state index contributed by atoms with van der Waals surface area (Å²) in [7, 11) is -3.59. The van der Waals surface area contributed by atoms with Crippen LogP contribution in [0.1, 0.15) is 5.76 Å². The van der Waals surface area contributed by atoms with Crippen molar-refractivity contribution in [2.45, 2.75) is 6.54 Å². The number of amides is 1. The molecule has 6 nitrogen and oxygen atoms in total. The van der Waals surface area contributed by atoms with Crippen LogP contribution in [0.15, 0.2) is 41.0 Å². The molecule has 23 heavy (non-hydrogen) atoms. The standard InChI is InChI=1S/C14H14Cl2N2O4S/c1-23(20,21)18(8-11-3-2-6-22-11)9-14(19)17-13-5-4-10(15)7-12(13)16/h2-7H,8-9H2,1H3,(H,17,19). The molecule has 2 rings (SSSR count). The second kappa shape index (κ2) is 7.35. The molecular weight excluding hydrogens is 363 g/mol. The first-order chi connectivity index (χ1) is 10.8. The normalized spacial score (nSPS) is 11.7. The summed E-state index contributed by atoms with van der Waals surface area (Å²) in [6.07, 6.45) is 2.46. The van der Waals surface area contributed by atoms with E-state index in [0.717, 1.165) is 10.6 Å². The third kappa shape index (κ3) is 5.24. The minimum absolute atomic E-state index is 0.0341. The summed E-state index contributed by atoms with van der Waals surface area (Å²) in [4.78, 5) is 12.1. The van der Waals surface area contributed by atoms with Crippen LogP contribution in [0.25, 0.3) is 0 Å². The quantitative estimate of drug-likeness (QED) is 0.840. The van der Waals surface area contributed by atoms with Gasteiger partial charge in [0.2, 0.25) is 15.9 Å². The van der Waals surface area contributed by atoms with Crippen molar-refractivity contribution < 1.29 is 17.6 Å². The highest BCUT2D eigenvalue weighted by atomic mass is 35.5. The molecule has 9 heteroatoms. The number of sulfonamides is 1. The zero-order valence-corrected chi connectivity index (χ0v) is 14.5. The highest BCUT2D eigenvalue weighted by Gasteiger charge is 2.22. The van der Waals surface area contributed by atoms with Gasteiger partial charge in [-0.2, -0.15) is 4.31 Å². The number of hydrogen-bond donors (Lipinski definition) is 1. The van der Waals surface area contributed by atoms with E-state index in [0.29, 0.717) is 16.5 Å². The van der Waals surface area contributed by atoms with Crippen molar-refractivity contribution in [1.29, 1.82) is 0 Å².